The molecule has 0 amide bonds. The fourth-order valence-electron chi connectivity index (χ4n) is 1.75. The molecule has 0 aliphatic carbocycles. The van der Waals surface area contributed by atoms with E-state index in [0.29, 0.717) is 6.07 Å². The summed E-state index contributed by atoms with van der Waals surface area (Å²) in [5.74, 6) is -0.817. The van der Waals surface area contributed by atoms with Gasteiger partial charge in [0.1, 0.15) is 10.1 Å². The van der Waals surface area contributed by atoms with E-state index in [1.807, 2.05) is 0 Å². The normalized spacial score (nSPS) is 11.5. The predicted octanol–water partition coefficient (Wildman–Crippen LogP) is -6.35. The predicted molar refractivity (Wildman–Crippen MR) is 65.6 cm³/mol. The van der Waals surface area contributed by atoms with Gasteiger partial charge < -0.3 is 15.4 Å². The van der Waals surface area contributed by atoms with Gasteiger partial charge in [0.05, 0.1) is 9.79 Å². The molecule has 0 aliphatic heterocycles. The molecule has 0 fully saturated rings. The second-order valence-electron chi connectivity index (χ2n) is 3.96. The number of nitrogens with two attached hydrogens (primary N) is 1. The van der Waals surface area contributed by atoms with Gasteiger partial charge in [-0.25, -0.2) is 8.42 Å². The van der Waals surface area contributed by atoms with Gasteiger partial charge in [0.2, 0.25) is 0 Å². The number of hydrogen-bond donors (Lipinski definition) is 2. The van der Waals surface area contributed by atoms with Crippen molar-refractivity contribution in [2.24, 2.45) is 0 Å². The molecule has 2 aromatic carbocycles. The van der Waals surface area contributed by atoms with E-state index in [4.69, 9.17) is 10.3 Å². The monoisotopic (exact) mass is 395 g/mol. The van der Waals surface area contributed by atoms with E-state index in [9.17, 15) is 26.5 Å². The van der Waals surface area contributed by atoms with Crippen LogP contribution in [0.4, 0.5) is 5.69 Å². The van der Waals surface area contributed by atoms with Crippen LogP contribution in [0.1, 0.15) is 0 Å². The van der Waals surface area contributed by atoms with Crippen molar-refractivity contribution in [3.8, 4) is 5.75 Å². The summed E-state index contributed by atoms with van der Waals surface area (Å²) in [7, 11) is -9.47. The van der Waals surface area contributed by atoms with E-state index in [0.717, 1.165) is 18.2 Å². The Morgan fingerprint density at radius 2 is 1.45 bits per heavy atom. The topological polar surface area (TPSA) is 161 Å². The van der Waals surface area contributed by atoms with E-state index >= 15 is 0 Å². The first-order valence-electron chi connectivity index (χ1n) is 4.98. The first kappa shape index (κ1) is 23.4. The standard InChI is InChI=1S/C10H9NO7S2.2K/c11-8-3-6(19(13,14)15)1-5-2-7(20(16,17)18)4-9(12)10(5)8;;/h1-4,12H,11H2,(H,13,14,15)(H,16,17,18);;/q;2*+1/p-2. The van der Waals surface area contributed by atoms with Crippen LogP contribution in [0.3, 0.4) is 0 Å². The molecule has 3 N–H and O–H groups in total. The Morgan fingerprint density at radius 3 is 1.91 bits per heavy atom. The summed E-state index contributed by atoms with van der Waals surface area (Å²) in [4.78, 5) is -1.41. The molecule has 0 aromatic heterocycles. The minimum Gasteiger partial charge on any atom is -0.872 e. The molecule has 0 heterocycles. The molecular formula is C10H7K2NO7S2. The third-order valence-corrected chi connectivity index (χ3v) is 4.22. The SMILES string of the molecule is Nc1cc(S(=O)(=O)[O-])cc2cc(S(=O)(=O)O)cc([O-])c12.[K+].[K+]. The quantitative estimate of drug-likeness (QED) is 0.288. The van der Waals surface area contributed by atoms with E-state index in [-0.39, 0.29) is 119 Å². The van der Waals surface area contributed by atoms with Crippen LogP contribution in [0.25, 0.3) is 10.8 Å². The zero-order valence-corrected chi connectivity index (χ0v) is 19.5. The molecule has 0 atom stereocenters. The van der Waals surface area contributed by atoms with Gasteiger partial charge in [0.15, 0.2) is 0 Å². The van der Waals surface area contributed by atoms with Crippen LogP contribution in [-0.2, 0) is 20.2 Å². The minimum absolute atomic E-state index is 0. The van der Waals surface area contributed by atoms with Gasteiger partial charge in [0.25, 0.3) is 10.1 Å². The molecule has 108 valence electrons. The van der Waals surface area contributed by atoms with Gasteiger partial charge >= 0.3 is 103 Å². The molecule has 0 spiro atoms. The van der Waals surface area contributed by atoms with Crippen LogP contribution in [0.15, 0.2) is 34.1 Å². The Hall–Kier alpha value is 1.39. The molecule has 2 aromatic rings. The largest absolute Gasteiger partial charge is 1.00 e. The summed E-state index contributed by atoms with van der Waals surface area (Å²) in [6.07, 6.45) is 0. The summed E-state index contributed by atoms with van der Waals surface area (Å²) in [5.41, 5.74) is 5.22. The Bertz CT molecular complexity index is 853. The number of hydrogen-bond acceptors (Lipinski definition) is 7. The van der Waals surface area contributed by atoms with Gasteiger partial charge in [0, 0.05) is 5.69 Å². The van der Waals surface area contributed by atoms with Crippen LogP contribution < -0.4 is 114 Å². The van der Waals surface area contributed by atoms with Crippen molar-refractivity contribution in [1.82, 2.24) is 0 Å². The molecule has 22 heavy (non-hydrogen) atoms. The van der Waals surface area contributed by atoms with E-state index in [1.54, 1.807) is 0 Å². The van der Waals surface area contributed by atoms with E-state index in [2.05, 4.69) is 0 Å². The number of fused-ring (bicyclic) bond motifs is 1. The second kappa shape index (κ2) is 8.18. The number of anilines is 1. The first-order chi connectivity index (χ1) is 9.00. The molecule has 0 radical (unpaired) electrons. The molecule has 2 rings (SSSR count). The molecule has 12 heteroatoms. The van der Waals surface area contributed by atoms with Crippen LogP contribution in [0.5, 0.6) is 5.75 Å². The van der Waals surface area contributed by atoms with Gasteiger partial charge in [-0.05, 0) is 35.0 Å². The van der Waals surface area contributed by atoms with Crippen molar-refractivity contribution in [2.75, 3.05) is 5.73 Å². The molecule has 0 saturated carbocycles. The van der Waals surface area contributed by atoms with Crippen molar-refractivity contribution >= 4 is 36.7 Å². The van der Waals surface area contributed by atoms with Gasteiger partial charge in [-0.15, -0.1) is 0 Å². The maximum atomic E-state index is 11.7. The van der Waals surface area contributed by atoms with Crippen LogP contribution in [0, 0.1) is 0 Å². The van der Waals surface area contributed by atoms with Gasteiger partial charge in [-0.3, -0.25) is 4.55 Å². The van der Waals surface area contributed by atoms with E-state index in [1.165, 1.54) is 0 Å². The average Bonchev–Trinajstić information content (AvgIpc) is 2.25. The third kappa shape index (κ3) is 5.19. The smallest absolute Gasteiger partial charge is 0.872 e. The molecular weight excluding hydrogens is 388 g/mol. The molecule has 0 bridgehead atoms. The van der Waals surface area contributed by atoms with Gasteiger partial charge in [-0.2, -0.15) is 8.42 Å². The summed E-state index contributed by atoms with van der Waals surface area (Å²) in [6, 6.07) is 3.15. The van der Waals surface area contributed by atoms with Crippen molar-refractivity contribution in [3.63, 3.8) is 0 Å². The Kier molecular flexibility index (Phi) is 8.70. The summed E-state index contributed by atoms with van der Waals surface area (Å²) in [5, 5.41) is 11.4. The van der Waals surface area contributed by atoms with E-state index < -0.39 is 35.8 Å². The molecule has 0 saturated heterocycles. The zero-order chi connectivity index (χ0) is 15.3. The van der Waals surface area contributed by atoms with Crippen molar-refractivity contribution in [2.45, 2.75) is 9.79 Å². The van der Waals surface area contributed by atoms with Crippen LogP contribution >= 0.6 is 0 Å². The van der Waals surface area contributed by atoms with Crippen LogP contribution in [0.2, 0.25) is 0 Å². The third-order valence-electron chi connectivity index (χ3n) is 2.58. The minimum atomic E-state index is -4.82. The van der Waals surface area contributed by atoms with Crippen molar-refractivity contribution < 1.29 is 134 Å². The Balaban J connectivity index is 0.00000220. The fourth-order valence-corrected chi connectivity index (χ4v) is 2.82. The number of rotatable bonds is 2. The second-order valence-corrected chi connectivity index (χ2v) is 6.76. The summed E-state index contributed by atoms with van der Waals surface area (Å²) >= 11 is 0. The van der Waals surface area contributed by atoms with Crippen molar-refractivity contribution in [3.05, 3.63) is 24.3 Å². The maximum Gasteiger partial charge on any atom is 1.00 e. The molecule has 8 nitrogen and oxygen atoms in total. The first-order valence-corrected chi connectivity index (χ1v) is 7.82. The number of benzene rings is 2. The Morgan fingerprint density at radius 1 is 0.955 bits per heavy atom. The maximum absolute atomic E-state index is 11.7. The summed E-state index contributed by atoms with van der Waals surface area (Å²) in [6.45, 7) is 0. The molecule has 0 unspecified atom stereocenters. The van der Waals surface area contributed by atoms with Crippen LogP contribution in [-0.4, -0.2) is 25.9 Å². The van der Waals surface area contributed by atoms with Gasteiger partial charge in [-0.1, -0.05) is 5.75 Å². The van der Waals surface area contributed by atoms with Crippen molar-refractivity contribution in [1.29, 1.82) is 0 Å². The number of nitrogen functional groups attached to an aromatic ring is 1. The average molecular weight is 395 g/mol. The Labute approximate surface area is 211 Å². The molecule has 0 aliphatic rings. The fraction of sp³-hybridized carbons (Fsp3) is 0. The zero-order valence-electron chi connectivity index (χ0n) is 11.6. The summed E-state index contributed by atoms with van der Waals surface area (Å²) < 4.78 is 63.7.